The van der Waals surface area contributed by atoms with E-state index in [4.69, 9.17) is 5.84 Å². The van der Waals surface area contributed by atoms with Crippen LogP contribution in [0.4, 0.5) is 24.8 Å². The number of rotatable bonds is 4. The van der Waals surface area contributed by atoms with Gasteiger partial charge in [-0.3, -0.25) is 0 Å². The molecule has 1 aliphatic rings. The minimum Gasteiger partial charge on any atom is -0.394 e. The van der Waals surface area contributed by atoms with Crippen LogP contribution < -0.4 is 16.6 Å². The van der Waals surface area contributed by atoms with Crippen molar-refractivity contribution < 1.29 is 18.3 Å². The van der Waals surface area contributed by atoms with Gasteiger partial charge in [0.15, 0.2) is 0 Å². The van der Waals surface area contributed by atoms with E-state index in [1.54, 1.807) is 0 Å². The van der Waals surface area contributed by atoms with Crippen LogP contribution in [0.1, 0.15) is 37.7 Å². The fourth-order valence-electron chi connectivity index (χ4n) is 2.66. The molecular formula is C13H19F3N4O. The number of hydrazine groups is 1. The van der Waals surface area contributed by atoms with Gasteiger partial charge in [-0.05, 0) is 25.0 Å². The number of nitrogens with one attached hydrogen (secondary N) is 2. The number of aliphatic hydroxyl groups excluding tert-OH is 1. The summed E-state index contributed by atoms with van der Waals surface area (Å²) in [5, 5.41) is 12.6. The zero-order valence-electron chi connectivity index (χ0n) is 11.5. The van der Waals surface area contributed by atoms with E-state index >= 15 is 0 Å². The first kappa shape index (κ1) is 15.8. The molecule has 21 heavy (non-hydrogen) atoms. The number of halogens is 3. The van der Waals surface area contributed by atoms with Gasteiger partial charge in [0.1, 0.15) is 11.6 Å². The Morgan fingerprint density at radius 2 is 1.81 bits per heavy atom. The molecule has 118 valence electrons. The summed E-state index contributed by atoms with van der Waals surface area (Å²) < 4.78 is 38.6. The Labute approximate surface area is 120 Å². The maximum absolute atomic E-state index is 12.9. The van der Waals surface area contributed by atoms with Crippen LogP contribution in [0.15, 0.2) is 12.1 Å². The summed E-state index contributed by atoms with van der Waals surface area (Å²) >= 11 is 0. The molecule has 0 aromatic carbocycles. The molecule has 0 radical (unpaired) electrons. The molecule has 1 heterocycles. The Kier molecular flexibility index (Phi) is 4.58. The van der Waals surface area contributed by atoms with Crippen LogP contribution in [-0.2, 0) is 6.18 Å². The molecule has 2 rings (SSSR count). The van der Waals surface area contributed by atoms with E-state index < -0.39 is 17.3 Å². The summed E-state index contributed by atoms with van der Waals surface area (Å²) in [7, 11) is 0. The summed E-state index contributed by atoms with van der Waals surface area (Å²) in [6.07, 6.45) is -0.165. The number of nitrogen functional groups attached to an aromatic ring is 1. The standard InChI is InChI=1S/C13H19F3N4O/c14-13(15,16)9-6-10(18-11(7-9)20-17)19-12(8-21)4-2-1-3-5-12/h6-7,21H,1-5,8,17H2,(H2,18,19,20). The summed E-state index contributed by atoms with van der Waals surface area (Å²) in [4.78, 5) is 3.99. The number of hydrogen-bond acceptors (Lipinski definition) is 5. The fraction of sp³-hybridized carbons (Fsp3) is 0.615. The number of anilines is 2. The van der Waals surface area contributed by atoms with Crippen LogP contribution in [0, 0.1) is 0 Å². The minimum atomic E-state index is -4.48. The van der Waals surface area contributed by atoms with Gasteiger partial charge in [-0.1, -0.05) is 19.3 Å². The second-order valence-electron chi connectivity index (χ2n) is 5.39. The minimum absolute atomic E-state index is 0.0636. The molecule has 0 saturated heterocycles. The third kappa shape index (κ3) is 3.76. The van der Waals surface area contributed by atoms with Gasteiger partial charge < -0.3 is 15.8 Å². The summed E-state index contributed by atoms with van der Waals surface area (Å²) in [5.41, 5.74) is 0.688. The predicted molar refractivity (Wildman–Crippen MR) is 73.6 cm³/mol. The first-order valence-electron chi connectivity index (χ1n) is 6.83. The lowest BCUT2D eigenvalue weighted by atomic mass is 9.82. The van der Waals surface area contributed by atoms with Crippen molar-refractivity contribution in [2.24, 2.45) is 5.84 Å². The number of aliphatic hydroxyl groups is 1. The second-order valence-corrected chi connectivity index (χ2v) is 5.39. The van der Waals surface area contributed by atoms with Gasteiger partial charge in [0.05, 0.1) is 17.7 Å². The van der Waals surface area contributed by atoms with Crippen molar-refractivity contribution in [1.82, 2.24) is 4.98 Å². The van der Waals surface area contributed by atoms with Gasteiger partial charge in [0, 0.05) is 0 Å². The lowest BCUT2D eigenvalue weighted by molar-refractivity contribution is -0.137. The zero-order valence-corrected chi connectivity index (χ0v) is 11.5. The normalized spacial score (nSPS) is 18.3. The van der Waals surface area contributed by atoms with E-state index in [0.29, 0.717) is 12.8 Å². The molecule has 5 nitrogen and oxygen atoms in total. The van der Waals surface area contributed by atoms with Crippen LogP contribution in [0.25, 0.3) is 0 Å². The predicted octanol–water partition coefficient (Wildman–Crippen LogP) is 2.49. The van der Waals surface area contributed by atoms with Gasteiger partial charge in [-0.25, -0.2) is 10.8 Å². The Bertz CT molecular complexity index is 487. The number of pyridine rings is 1. The maximum atomic E-state index is 12.9. The van der Waals surface area contributed by atoms with Gasteiger partial charge in [0.2, 0.25) is 0 Å². The lowest BCUT2D eigenvalue weighted by Gasteiger charge is -2.37. The van der Waals surface area contributed by atoms with Crippen molar-refractivity contribution in [3.8, 4) is 0 Å². The van der Waals surface area contributed by atoms with E-state index in [0.717, 1.165) is 31.4 Å². The SMILES string of the molecule is NNc1cc(C(F)(F)F)cc(NC2(CO)CCCCC2)n1. The third-order valence-electron chi connectivity index (χ3n) is 3.81. The van der Waals surface area contributed by atoms with E-state index in [-0.39, 0.29) is 18.2 Å². The molecule has 1 aromatic rings. The van der Waals surface area contributed by atoms with Crippen molar-refractivity contribution in [3.63, 3.8) is 0 Å². The topological polar surface area (TPSA) is 83.2 Å². The van der Waals surface area contributed by atoms with E-state index in [2.05, 4.69) is 15.7 Å². The van der Waals surface area contributed by atoms with E-state index in [1.807, 2.05) is 0 Å². The molecule has 5 N–H and O–H groups in total. The van der Waals surface area contributed by atoms with Crippen molar-refractivity contribution in [3.05, 3.63) is 17.7 Å². The van der Waals surface area contributed by atoms with Gasteiger partial charge >= 0.3 is 6.18 Å². The highest BCUT2D eigenvalue weighted by Crippen LogP contribution is 2.35. The molecule has 0 unspecified atom stereocenters. The third-order valence-corrected chi connectivity index (χ3v) is 3.81. The first-order valence-corrected chi connectivity index (χ1v) is 6.83. The quantitative estimate of drug-likeness (QED) is 0.507. The van der Waals surface area contributed by atoms with Crippen molar-refractivity contribution in [1.29, 1.82) is 0 Å². The van der Waals surface area contributed by atoms with Crippen molar-refractivity contribution >= 4 is 11.6 Å². The van der Waals surface area contributed by atoms with Gasteiger partial charge in [-0.2, -0.15) is 13.2 Å². The molecule has 0 spiro atoms. The molecule has 1 fully saturated rings. The van der Waals surface area contributed by atoms with Crippen molar-refractivity contribution in [2.75, 3.05) is 17.3 Å². The van der Waals surface area contributed by atoms with E-state index in [1.165, 1.54) is 0 Å². The van der Waals surface area contributed by atoms with Crippen LogP contribution >= 0.6 is 0 Å². The smallest absolute Gasteiger partial charge is 0.394 e. The average molecular weight is 304 g/mol. The molecule has 0 bridgehead atoms. The summed E-state index contributed by atoms with van der Waals surface area (Å²) in [6, 6.07) is 1.78. The number of aromatic nitrogens is 1. The fourth-order valence-corrected chi connectivity index (χ4v) is 2.66. The lowest BCUT2D eigenvalue weighted by Crippen LogP contribution is -2.44. The number of alkyl halides is 3. The van der Waals surface area contributed by atoms with Crippen molar-refractivity contribution in [2.45, 2.75) is 43.8 Å². The zero-order chi connectivity index (χ0) is 15.5. The Hall–Kier alpha value is -1.54. The molecule has 8 heteroatoms. The molecule has 1 aromatic heterocycles. The molecule has 0 aliphatic heterocycles. The molecule has 1 aliphatic carbocycles. The van der Waals surface area contributed by atoms with Crippen LogP contribution in [0.2, 0.25) is 0 Å². The molecule has 0 atom stereocenters. The maximum Gasteiger partial charge on any atom is 0.416 e. The summed E-state index contributed by atoms with van der Waals surface area (Å²) in [5.74, 6) is 5.16. The average Bonchev–Trinajstić information content (AvgIpc) is 2.47. The number of nitrogens with two attached hydrogens (primary N) is 1. The monoisotopic (exact) mass is 304 g/mol. The first-order chi connectivity index (χ1) is 9.88. The van der Waals surface area contributed by atoms with Crippen LogP contribution in [0.3, 0.4) is 0 Å². The largest absolute Gasteiger partial charge is 0.416 e. The number of nitrogens with zero attached hydrogens (tertiary/aromatic N) is 1. The highest BCUT2D eigenvalue weighted by atomic mass is 19.4. The van der Waals surface area contributed by atoms with Crippen LogP contribution in [-0.4, -0.2) is 22.2 Å². The van der Waals surface area contributed by atoms with Gasteiger partial charge in [-0.15, -0.1) is 0 Å². The second kappa shape index (κ2) is 6.07. The Morgan fingerprint density at radius 3 is 2.33 bits per heavy atom. The Morgan fingerprint density at radius 1 is 1.19 bits per heavy atom. The highest BCUT2D eigenvalue weighted by Gasteiger charge is 2.34. The molecule has 1 saturated carbocycles. The number of hydrogen-bond donors (Lipinski definition) is 4. The molecule has 0 amide bonds. The summed E-state index contributed by atoms with van der Waals surface area (Å²) in [6.45, 7) is -0.143. The van der Waals surface area contributed by atoms with Gasteiger partial charge in [0.25, 0.3) is 0 Å². The van der Waals surface area contributed by atoms with Crippen LogP contribution in [0.5, 0.6) is 0 Å². The Balaban J connectivity index is 2.30. The highest BCUT2D eigenvalue weighted by molar-refractivity contribution is 5.50. The molecular weight excluding hydrogens is 285 g/mol. The van der Waals surface area contributed by atoms with E-state index in [9.17, 15) is 18.3 Å².